The van der Waals surface area contributed by atoms with Crippen molar-refractivity contribution in [3.63, 3.8) is 0 Å². The van der Waals surface area contributed by atoms with Gasteiger partial charge in [0.25, 0.3) is 0 Å². The van der Waals surface area contributed by atoms with Gasteiger partial charge in [0.1, 0.15) is 23.5 Å². The molecule has 0 spiro atoms. The zero-order chi connectivity index (χ0) is 17.1. The molecule has 0 fully saturated rings. The van der Waals surface area contributed by atoms with E-state index in [2.05, 4.69) is 20.1 Å². The Balaban J connectivity index is 1.86. The Hall–Kier alpha value is -2.28. The van der Waals surface area contributed by atoms with Gasteiger partial charge in [0, 0.05) is 18.5 Å². The molecule has 24 heavy (non-hydrogen) atoms. The minimum Gasteiger partial charge on any atom is -0.468 e. The number of benzene rings is 1. The Morgan fingerprint density at radius 1 is 1.33 bits per heavy atom. The number of esters is 1. The van der Waals surface area contributed by atoms with Gasteiger partial charge in [0.05, 0.1) is 13.2 Å². The monoisotopic (exact) mass is 332 g/mol. The number of carbonyl (C=O) groups is 1. The molecule has 6 nitrogen and oxygen atoms in total. The van der Waals surface area contributed by atoms with Gasteiger partial charge in [0.15, 0.2) is 0 Å². The maximum absolute atomic E-state index is 14.1. The number of rotatable bonds is 5. The minimum absolute atomic E-state index is 0.259. The van der Waals surface area contributed by atoms with Gasteiger partial charge in [-0.2, -0.15) is 0 Å². The van der Waals surface area contributed by atoms with Gasteiger partial charge in [-0.05, 0) is 25.8 Å². The van der Waals surface area contributed by atoms with Gasteiger partial charge in [-0.15, -0.1) is 10.2 Å². The molecule has 0 aliphatic carbocycles. The molecule has 1 aromatic carbocycles. The summed E-state index contributed by atoms with van der Waals surface area (Å²) in [6.45, 7) is 2.76. The largest absolute Gasteiger partial charge is 0.468 e. The summed E-state index contributed by atoms with van der Waals surface area (Å²) in [6.07, 6.45) is 3.10. The van der Waals surface area contributed by atoms with Crippen LogP contribution >= 0.6 is 0 Å². The Labute approximate surface area is 140 Å². The zero-order valence-electron chi connectivity index (χ0n) is 13.8. The second kappa shape index (κ2) is 7.09. The number of hydrogen-bond donors (Lipinski definition) is 1. The fourth-order valence-corrected chi connectivity index (χ4v) is 3.09. The van der Waals surface area contributed by atoms with Crippen LogP contribution in [0.15, 0.2) is 24.3 Å². The number of nitrogens with one attached hydrogen (secondary N) is 1. The van der Waals surface area contributed by atoms with Crippen LogP contribution in [0.3, 0.4) is 0 Å². The molecule has 7 heteroatoms. The number of ether oxygens (including phenoxy) is 1. The molecule has 0 bridgehead atoms. The third-order valence-corrected chi connectivity index (χ3v) is 4.35. The molecule has 0 saturated heterocycles. The number of aromatic nitrogens is 3. The molecule has 2 aromatic rings. The predicted octanol–water partition coefficient (Wildman–Crippen LogP) is 2.32. The fraction of sp³-hybridized carbons (Fsp3) is 0.471. The average Bonchev–Trinajstić information content (AvgIpc) is 3.04. The fourth-order valence-electron chi connectivity index (χ4n) is 3.09. The van der Waals surface area contributed by atoms with Crippen molar-refractivity contribution in [2.24, 2.45) is 0 Å². The van der Waals surface area contributed by atoms with Crippen LogP contribution in [0.25, 0.3) is 0 Å². The summed E-state index contributed by atoms with van der Waals surface area (Å²) in [5.74, 6) is 0.738. The van der Waals surface area contributed by atoms with Crippen LogP contribution in [0.4, 0.5) is 4.39 Å². The van der Waals surface area contributed by atoms with Crippen LogP contribution in [-0.4, -0.2) is 27.8 Å². The summed E-state index contributed by atoms with van der Waals surface area (Å²) in [6, 6.07) is 5.02. The topological polar surface area (TPSA) is 69.0 Å². The number of halogens is 1. The average molecular weight is 332 g/mol. The molecular weight excluding hydrogens is 311 g/mol. The van der Waals surface area contributed by atoms with E-state index in [9.17, 15) is 9.18 Å². The third-order valence-electron chi connectivity index (χ3n) is 4.35. The maximum atomic E-state index is 14.1. The van der Waals surface area contributed by atoms with E-state index < -0.39 is 17.8 Å². The Kier molecular flexibility index (Phi) is 4.89. The van der Waals surface area contributed by atoms with Crippen LogP contribution in [0.1, 0.15) is 49.1 Å². The lowest BCUT2D eigenvalue weighted by Crippen LogP contribution is -2.34. The molecule has 1 aromatic heterocycles. The molecule has 1 aliphatic rings. The number of nitrogens with zero attached hydrogens (tertiary/aromatic N) is 3. The van der Waals surface area contributed by atoms with Gasteiger partial charge >= 0.3 is 5.97 Å². The number of methoxy groups -OCH3 is 1. The first-order valence-corrected chi connectivity index (χ1v) is 8.12. The second-order valence-electron chi connectivity index (χ2n) is 5.95. The van der Waals surface area contributed by atoms with Gasteiger partial charge in [-0.25, -0.2) is 9.18 Å². The lowest BCUT2D eigenvalue weighted by atomic mass is 10.0. The van der Waals surface area contributed by atoms with Crippen LogP contribution < -0.4 is 5.32 Å². The number of carbonyl (C=O) groups excluding carboxylic acids is 1. The van der Waals surface area contributed by atoms with E-state index in [4.69, 9.17) is 4.74 Å². The molecule has 2 atom stereocenters. The summed E-state index contributed by atoms with van der Waals surface area (Å²) >= 11 is 0. The van der Waals surface area contributed by atoms with Crippen molar-refractivity contribution in [1.29, 1.82) is 0 Å². The molecule has 1 aliphatic heterocycles. The molecule has 0 amide bonds. The standard InChI is InChI=1S/C17H21FN4O2/c1-11(16-21-20-14-9-5-6-10-22(14)16)19-15(17(23)24-2)12-7-3-4-8-13(12)18/h3-4,7-8,11,15,19H,5-6,9-10H2,1-2H3/t11-,15-/m1/s1. The number of hydrogen-bond acceptors (Lipinski definition) is 5. The van der Waals surface area contributed by atoms with Gasteiger partial charge in [0.2, 0.25) is 0 Å². The van der Waals surface area contributed by atoms with Crippen LogP contribution in [-0.2, 0) is 22.5 Å². The zero-order valence-corrected chi connectivity index (χ0v) is 13.8. The van der Waals surface area contributed by atoms with Crippen molar-refractivity contribution in [1.82, 2.24) is 20.1 Å². The maximum Gasteiger partial charge on any atom is 0.327 e. The Bertz CT molecular complexity index is 731. The van der Waals surface area contributed by atoms with E-state index in [1.54, 1.807) is 18.2 Å². The normalized spacial score (nSPS) is 16.3. The molecule has 3 rings (SSSR count). The summed E-state index contributed by atoms with van der Waals surface area (Å²) < 4.78 is 21.0. The summed E-state index contributed by atoms with van der Waals surface area (Å²) in [5.41, 5.74) is 0.259. The molecule has 0 radical (unpaired) electrons. The van der Waals surface area contributed by atoms with Crippen molar-refractivity contribution in [2.45, 2.75) is 44.8 Å². The lowest BCUT2D eigenvalue weighted by molar-refractivity contribution is -0.143. The first-order valence-electron chi connectivity index (χ1n) is 8.12. The summed E-state index contributed by atoms with van der Waals surface area (Å²) in [5, 5.41) is 11.6. The minimum atomic E-state index is -0.900. The highest BCUT2D eigenvalue weighted by molar-refractivity contribution is 5.77. The van der Waals surface area contributed by atoms with Crippen LogP contribution in [0.5, 0.6) is 0 Å². The summed E-state index contributed by atoms with van der Waals surface area (Å²) in [4.78, 5) is 12.2. The van der Waals surface area contributed by atoms with E-state index in [0.29, 0.717) is 0 Å². The first-order chi connectivity index (χ1) is 11.6. The second-order valence-corrected chi connectivity index (χ2v) is 5.95. The highest BCUT2D eigenvalue weighted by Crippen LogP contribution is 2.24. The highest BCUT2D eigenvalue weighted by Gasteiger charge is 2.28. The quantitative estimate of drug-likeness (QED) is 0.851. The highest BCUT2D eigenvalue weighted by atomic mass is 19.1. The third kappa shape index (κ3) is 3.17. The SMILES string of the molecule is COC(=O)[C@H](N[C@H](C)c1nnc2n1CCCC2)c1ccccc1F. The molecule has 1 N–H and O–H groups in total. The van der Waals surface area contributed by atoms with Crippen LogP contribution in [0, 0.1) is 5.82 Å². The van der Waals surface area contributed by atoms with Crippen molar-refractivity contribution in [3.8, 4) is 0 Å². The van der Waals surface area contributed by atoms with Gasteiger partial charge in [-0.3, -0.25) is 5.32 Å². The van der Waals surface area contributed by atoms with Crippen molar-refractivity contribution < 1.29 is 13.9 Å². The molecule has 128 valence electrons. The van der Waals surface area contributed by atoms with E-state index in [1.165, 1.54) is 13.2 Å². The van der Waals surface area contributed by atoms with Crippen molar-refractivity contribution >= 4 is 5.97 Å². The molecule has 2 heterocycles. The summed E-state index contributed by atoms with van der Waals surface area (Å²) in [7, 11) is 1.29. The van der Waals surface area contributed by atoms with E-state index in [1.807, 2.05) is 6.92 Å². The number of aryl methyl sites for hydroxylation is 1. The van der Waals surface area contributed by atoms with E-state index in [-0.39, 0.29) is 11.6 Å². The number of fused-ring (bicyclic) bond motifs is 1. The van der Waals surface area contributed by atoms with E-state index in [0.717, 1.165) is 37.5 Å². The first kappa shape index (κ1) is 16.6. The molecule has 0 saturated carbocycles. The van der Waals surface area contributed by atoms with Gasteiger partial charge < -0.3 is 9.30 Å². The molecule has 0 unspecified atom stereocenters. The van der Waals surface area contributed by atoms with Crippen molar-refractivity contribution in [2.75, 3.05) is 7.11 Å². The molecular formula is C17H21FN4O2. The Morgan fingerprint density at radius 2 is 2.12 bits per heavy atom. The van der Waals surface area contributed by atoms with Crippen molar-refractivity contribution in [3.05, 3.63) is 47.3 Å². The Morgan fingerprint density at radius 3 is 2.88 bits per heavy atom. The smallest absolute Gasteiger partial charge is 0.327 e. The predicted molar refractivity (Wildman–Crippen MR) is 85.7 cm³/mol. The van der Waals surface area contributed by atoms with Gasteiger partial charge in [-0.1, -0.05) is 18.2 Å². The lowest BCUT2D eigenvalue weighted by Gasteiger charge is -2.23. The van der Waals surface area contributed by atoms with E-state index >= 15 is 0 Å². The van der Waals surface area contributed by atoms with Crippen LogP contribution in [0.2, 0.25) is 0 Å².